The van der Waals surface area contributed by atoms with Crippen LogP contribution in [0.25, 0.3) is 0 Å². The molecule has 0 aromatic heterocycles. The molecule has 0 saturated carbocycles. The number of hydrogen-bond acceptors (Lipinski definition) is 2. The lowest BCUT2D eigenvalue weighted by molar-refractivity contribution is 0.159. The molecule has 0 aliphatic carbocycles. The second-order valence-electron chi connectivity index (χ2n) is 6.06. The van der Waals surface area contributed by atoms with E-state index in [0.29, 0.717) is 0 Å². The first-order valence-electron chi connectivity index (χ1n) is 6.91. The molecule has 1 heterocycles. The molecular weight excluding hydrogens is 208 g/mol. The lowest BCUT2D eigenvalue weighted by Crippen LogP contribution is -2.41. The molecule has 1 N–H and O–H groups in total. The van der Waals surface area contributed by atoms with E-state index in [9.17, 15) is 0 Å². The van der Waals surface area contributed by atoms with Gasteiger partial charge in [-0.2, -0.15) is 0 Å². The van der Waals surface area contributed by atoms with Crippen molar-refractivity contribution in [3.63, 3.8) is 0 Å². The SMILES string of the molecule is CNCCC1CCCCN1CC#CC(C)(C)C. The Balaban J connectivity index is 2.44. The van der Waals surface area contributed by atoms with Crippen molar-refractivity contribution in [1.82, 2.24) is 10.2 Å². The van der Waals surface area contributed by atoms with Gasteiger partial charge in [-0.1, -0.05) is 18.3 Å². The molecule has 1 atom stereocenters. The predicted octanol–water partition coefficient (Wildman–Crippen LogP) is 2.50. The fraction of sp³-hybridized carbons (Fsp3) is 0.867. The Morgan fingerprint density at radius 3 is 2.71 bits per heavy atom. The van der Waals surface area contributed by atoms with Crippen LogP contribution >= 0.6 is 0 Å². The zero-order valence-electron chi connectivity index (χ0n) is 12.0. The van der Waals surface area contributed by atoms with E-state index in [0.717, 1.165) is 19.1 Å². The second-order valence-corrected chi connectivity index (χ2v) is 6.06. The van der Waals surface area contributed by atoms with Crippen molar-refractivity contribution in [2.75, 3.05) is 26.7 Å². The van der Waals surface area contributed by atoms with E-state index in [-0.39, 0.29) is 5.41 Å². The highest BCUT2D eigenvalue weighted by molar-refractivity contribution is 5.09. The van der Waals surface area contributed by atoms with Gasteiger partial charge in [-0.25, -0.2) is 0 Å². The smallest absolute Gasteiger partial charge is 0.0604 e. The summed E-state index contributed by atoms with van der Waals surface area (Å²) >= 11 is 0. The molecule has 1 fully saturated rings. The average molecular weight is 236 g/mol. The van der Waals surface area contributed by atoms with E-state index in [2.05, 4.69) is 42.8 Å². The Morgan fingerprint density at radius 2 is 2.06 bits per heavy atom. The molecule has 2 heteroatoms. The van der Waals surface area contributed by atoms with E-state index >= 15 is 0 Å². The van der Waals surface area contributed by atoms with Gasteiger partial charge < -0.3 is 5.32 Å². The monoisotopic (exact) mass is 236 g/mol. The van der Waals surface area contributed by atoms with Gasteiger partial charge in [-0.05, 0) is 60.2 Å². The summed E-state index contributed by atoms with van der Waals surface area (Å²) in [6.45, 7) is 9.82. The number of piperidine rings is 1. The largest absolute Gasteiger partial charge is 0.320 e. The van der Waals surface area contributed by atoms with Crippen LogP contribution < -0.4 is 5.32 Å². The third-order valence-electron chi connectivity index (χ3n) is 3.22. The molecule has 2 nitrogen and oxygen atoms in total. The third kappa shape index (κ3) is 6.10. The second kappa shape index (κ2) is 7.03. The van der Waals surface area contributed by atoms with Crippen molar-refractivity contribution in [2.45, 2.75) is 52.5 Å². The molecule has 0 spiro atoms. The summed E-state index contributed by atoms with van der Waals surface area (Å²) in [6, 6.07) is 0.741. The molecular formula is C15H28N2. The molecule has 0 amide bonds. The van der Waals surface area contributed by atoms with Gasteiger partial charge in [0.05, 0.1) is 6.54 Å². The lowest BCUT2D eigenvalue weighted by atomic mass is 9.97. The zero-order valence-corrected chi connectivity index (χ0v) is 12.0. The summed E-state index contributed by atoms with van der Waals surface area (Å²) in [4.78, 5) is 2.57. The normalized spacial score (nSPS) is 22.0. The quantitative estimate of drug-likeness (QED) is 0.755. The van der Waals surface area contributed by atoms with Crippen LogP contribution in [0.3, 0.4) is 0 Å². The van der Waals surface area contributed by atoms with Crippen molar-refractivity contribution >= 4 is 0 Å². The Hall–Kier alpha value is -0.520. The maximum Gasteiger partial charge on any atom is 0.0604 e. The number of likely N-dealkylation sites (tertiary alicyclic amines) is 1. The summed E-state index contributed by atoms with van der Waals surface area (Å²) < 4.78 is 0. The minimum atomic E-state index is 0.135. The van der Waals surface area contributed by atoms with E-state index in [1.807, 2.05) is 7.05 Å². The molecule has 1 unspecified atom stereocenters. The first kappa shape index (κ1) is 14.5. The molecule has 1 rings (SSSR count). The Morgan fingerprint density at radius 1 is 1.29 bits per heavy atom. The highest BCUT2D eigenvalue weighted by atomic mass is 15.2. The number of rotatable bonds is 4. The molecule has 0 aromatic carbocycles. The minimum absolute atomic E-state index is 0.135. The van der Waals surface area contributed by atoms with E-state index in [1.54, 1.807) is 0 Å². The van der Waals surface area contributed by atoms with Crippen molar-refractivity contribution in [1.29, 1.82) is 0 Å². The molecule has 17 heavy (non-hydrogen) atoms. The van der Waals surface area contributed by atoms with Crippen molar-refractivity contribution in [3.05, 3.63) is 0 Å². The van der Waals surface area contributed by atoms with E-state index in [4.69, 9.17) is 0 Å². The van der Waals surface area contributed by atoms with Crippen molar-refractivity contribution < 1.29 is 0 Å². The van der Waals surface area contributed by atoms with Gasteiger partial charge in [0.15, 0.2) is 0 Å². The highest BCUT2D eigenvalue weighted by Gasteiger charge is 2.20. The van der Waals surface area contributed by atoms with Gasteiger partial charge in [-0.3, -0.25) is 4.90 Å². The van der Waals surface area contributed by atoms with Crippen LogP contribution in [0.4, 0.5) is 0 Å². The average Bonchev–Trinajstić information content (AvgIpc) is 2.26. The predicted molar refractivity (Wildman–Crippen MR) is 75.0 cm³/mol. The number of hydrogen-bond donors (Lipinski definition) is 1. The van der Waals surface area contributed by atoms with Crippen LogP contribution in [-0.4, -0.2) is 37.6 Å². The fourth-order valence-electron chi connectivity index (χ4n) is 2.31. The van der Waals surface area contributed by atoms with Gasteiger partial charge in [0, 0.05) is 11.5 Å². The Kier molecular flexibility index (Phi) is 6.02. The van der Waals surface area contributed by atoms with Gasteiger partial charge >= 0.3 is 0 Å². The molecule has 0 radical (unpaired) electrons. The molecule has 1 aliphatic heterocycles. The fourth-order valence-corrected chi connectivity index (χ4v) is 2.31. The maximum atomic E-state index is 3.36. The first-order chi connectivity index (χ1) is 8.03. The first-order valence-corrected chi connectivity index (χ1v) is 6.91. The standard InChI is InChI=1S/C15H28N2/c1-15(2,3)10-7-13-17-12-6-5-8-14(17)9-11-16-4/h14,16H,5-6,8-9,11-13H2,1-4H3. The molecule has 0 aromatic rings. The van der Waals surface area contributed by atoms with Gasteiger partial charge in [0.25, 0.3) is 0 Å². The van der Waals surface area contributed by atoms with Crippen LogP contribution in [0.1, 0.15) is 46.5 Å². The molecule has 0 bridgehead atoms. The molecule has 1 aliphatic rings. The van der Waals surface area contributed by atoms with Crippen LogP contribution in [0, 0.1) is 17.3 Å². The molecule has 1 saturated heterocycles. The highest BCUT2D eigenvalue weighted by Crippen LogP contribution is 2.19. The summed E-state index contributed by atoms with van der Waals surface area (Å²) in [6.07, 6.45) is 5.33. The Bertz CT molecular complexity index is 267. The summed E-state index contributed by atoms with van der Waals surface area (Å²) in [5, 5.41) is 3.25. The van der Waals surface area contributed by atoms with Gasteiger partial charge in [0.2, 0.25) is 0 Å². The van der Waals surface area contributed by atoms with Gasteiger partial charge in [0.1, 0.15) is 0 Å². The summed E-state index contributed by atoms with van der Waals surface area (Å²) in [5.41, 5.74) is 0.135. The minimum Gasteiger partial charge on any atom is -0.320 e. The van der Waals surface area contributed by atoms with Crippen molar-refractivity contribution in [2.24, 2.45) is 5.41 Å². The maximum absolute atomic E-state index is 3.36. The third-order valence-corrected chi connectivity index (χ3v) is 3.22. The van der Waals surface area contributed by atoms with Crippen LogP contribution in [0.5, 0.6) is 0 Å². The van der Waals surface area contributed by atoms with E-state index in [1.165, 1.54) is 32.2 Å². The van der Waals surface area contributed by atoms with Gasteiger partial charge in [-0.15, -0.1) is 0 Å². The molecule has 98 valence electrons. The van der Waals surface area contributed by atoms with Crippen LogP contribution in [0.15, 0.2) is 0 Å². The summed E-state index contributed by atoms with van der Waals surface area (Å²) in [7, 11) is 2.03. The lowest BCUT2D eigenvalue weighted by Gasteiger charge is -2.34. The summed E-state index contributed by atoms with van der Waals surface area (Å²) in [5.74, 6) is 6.70. The topological polar surface area (TPSA) is 15.3 Å². The van der Waals surface area contributed by atoms with Crippen LogP contribution in [0.2, 0.25) is 0 Å². The Labute approximate surface area is 107 Å². The zero-order chi connectivity index (χ0) is 12.7. The van der Waals surface area contributed by atoms with E-state index < -0.39 is 0 Å². The van der Waals surface area contributed by atoms with Crippen LogP contribution in [-0.2, 0) is 0 Å². The number of nitrogens with zero attached hydrogens (tertiary/aromatic N) is 1. The number of nitrogens with one attached hydrogen (secondary N) is 1. The van der Waals surface area contributed by atoms with Crippen molar-refractivity contribution in [3.8, 4) is 11.8 Å².